The van der Waals surface area contributed by atoms with Gasteiger partial charge in [-0.2, -0.15) is 0 Å². The van der Waals surface area contributed by atoms with E-state index in [9.17, 15) is 4.79 Å². The number of thiophene rings is 1. The maximum absolute atomic E-state index is 10.9. The molecule has 0 aliphatic carbocycles. The van der Waals surface area contributed by atoms with Gasteiger partial charge in [0.1, 0.15) is 0 Å². The molecule has 3 N–H and O–H groups in total. The monoisotopic (exact) mass is 156 g/mol. The number of aryl methyl sites for hydroxylation is 1. The van der Waals surface area contributed by atoms with Crippen molar-refractivity contribution in [3.8, 4) is 0 Å². The molecule has 0 aliphatic heterocycles. The average molecular weight is 156 g/mol. The van der Waals surface area contributed by atoms with Crippen LogP contribution in [-0.4, -0.2) is 5.91 Å². The van der Waals surface area contributed by atoms with Crippen LogP contribution in [0.25, 0.3) is 0 Å². The molecule has 1 aromatic rings. The number of carbonyl (C=O) groups excluding carboxylic acids is 1. The fourth-order valence-electron chi connectivity index (χ4n) is 0.698. The zero-order valence-electron chi connectivity index (χ0n) is 5.55. The summed E-state index contributed by atoms with van der Waals surface area (Å²) in [5, 5.41) is 1.86. The van der Waals surface area contributed by atoms with E-state index in [0.717, 1.165) is 4.88 Å². The third kappa shape index (κ3) is 1.17. The molecule has 54 valence electrons. The van der Waals surface area contributed by atoms with E-state index in [4.69, 9.17) is 5.84 Å². The third-order valence-corrected chi connectivity index (χ3v) is 2.08. The zero-order chi connectivity index (χ0) is 7.56. The predicted molar refractivity (Wildman–Crippen MR) is 40.7 cm³/mol. The lowest BCUT2D eigenvalue weighted by Crippen LogP contribution is -2.29. The van der Waals surface area contributed by atoms with Gasteiger partial charge in [0, 0.05) is 4.88 Å². The Morgan fingerprint density at radius 2 is 2.50 bits per heavy atom. The maximum atomic E-state index is 10.9. The van der Waals surface area contributed by atoms with Crippen molar-refractivity contribution in [1.82, 2.24) is 5.43 Å². The van der Waals surface area contributed by atoms with Gasteiger partial charge >= 0.3 is 0 Å². The molecule has 0 aliphatic rings. The minimum Gasteiger partial charge on any atom is -0.290 e. The van der Waals surface area contributed by atoms with Crippen molar-refractivity contribution in [1.29, 1.82) is 0 Å². The van der Waals surface area contributed by atoms with Crippen molar-refractivity contribution in [2.45, 2.75) is 6.92 Å². The van der Waals surface area contributed by atoms with Crippen LogP contribution in [0.15, 0.2) is 11.4 Å². The summed E-state index contributed by atoms with van der Waals surface area (Å²) in [5.74, 6) is 4.71. The molecule has 0 radical (unpaired) electrons. The van der Waals surface area contributed by atoms with E-state index in [-0.39, 0.29) is 5.91 Å². The molecule has 0 saturated heterocycles. The highest BCUT2D eigenvalue weighted by molar-refractivity contribution is 7.10. The minimum absolute atomic E-state index is 0.223. The van der Waals surface area contributed by atoms with E-state index in [1.807, 2.05) is 12.3 Å². The number of nitrogens with two attached hydrogens (primary N) is 1. The first-order valence-corrected chi connectivity index (χ1v) is 3.68. The van der Waals surface area contributed by atoms with E-state index in [2.05, 4.69) is 5.43 Å². The Balaban J connectivity index is 2.93. The molecule has 0 saturated carbocycles. The third-order valence-electron chi connectivity index (χ3n) is 1.23. The molecule has 1 rings (SSSR count). The van der Waals surface area contributed by atoms with Crippen LogP contribution in [0.3, 0.4) is 0 Å². The molecule has 1 amide bonds. The lowest BCUT2D eigenvalue weighted by molar-refractivity contribution is 0.0953. The van der Waals surface area contributed by atoms with Gasteiger partial charge in [-0.3, -0.25) is 10.2 Å². The average Bonchev–Trinajstić information content (AvgIpc) is 2.34. The van der Waals surface area contributed by atoms with E-state index >= 15 is 0 Å². The molecule has 10 heavy (non-hydrogen) atoms. The van der Waals surface area contributed by atoms with Gasteiger partial charge in [-0.15, -0.1) is 11.3 Å². The molecule has 1 heterocycles. The largest absolute Gasteiger partial charge is 0.290 e. The molecule has 0 spiro atoms. The highest BCUT2D eigenvalue weighted by atomic mass is 32.1. The Kier molecular flexibility index (Phi) is 2.03. The number of amides is 1. The van der Waals surface area contributed by atoms with Crippen molar-refractivity contribution >= 4 is 17.2 Å². The van der Waals surface area contributed by atoms with Crippen LogP contribution in [-0.2, 0) is 0 Å². The highest BCUT2D eigenvalue weighted by Gasteiger charge is 2.06. The van der Waals surface area contributed by atoms with Gasteiger partial charge < -0.3 is 0 Å². The fraction of sp³-hybridized carbons (Fsp3) is 0.167. The summed E-state index contributed by atoms with van der Waals surface area (Å²) in [4.78, 5) is 11.9. The second-order valence-corrected chi connectivity index (χ2v) is 2.98. The molecule has 0 aromatic carbocycles. The molecule has 0 fully saturated rings. The lowest BCUT2D eigenvalue weighted by atomic mass is 10.2. The topological polar surface area (TPSA) is 55.1 Å². The highest BCUT2D eigenvalue weighted by Crippen LogP contribution is 2.13. The standard InChI is InChI=1S/C6H8N2OS/c1-4-5(2-3-10-4)6(9)8-7/h2-3H,7H2,1H3,(H,8,9). The van der Waals surface area contributed by atoms with Crippen LogP contribution in [0.4, 0.5) is 0 Å². The molecule has 3 nitrogen and oxygen atoms in total. The Hall–Kier alpha value is -0.870. The summed E-state index contributed by atoms with van der Waals surface area (Å²) in [7, 11) is 0. The van der Waals surface area contributed by atoms with Crippen molar-refractivity contribution < 1.29 is 4.79 Å². The van der Waals surface area contributed by atoms with Crippen molar-refractivity contribution in [3.63, 3.8) is 0 Å². The van der Waals surface area contributed by atoms with E-state index in [1.165, 1.54) is 11.3 Å². The Labute approximate surface area is 62.8 Å². The summed E-state index contributed by atoms with van der Waals surface area (Å²) < 4.78 is 0. The Morgan fingerprint density at radius 1 is 1.80 bits per heavy atom. The molecule has 0 unspecified atom stereocenters. The van der Waals surface area contributed by atoms with Crippen LogP contribution in [0.1, 0.15) is 15.2 Å². The number of hydrogen-bond donors (Lipinski definition) is 2. The van der Waals surface area contributed by atoms with Crippen LogP contribution in [0.2, 0.25) is 0 Å². The smallest absolute Gasteiger partial charge is 0.266 e. The van der Waals surface area contributed by atoms with Crippen LogP contribution in [0, 0.1) is 6.92 Å². The van der Waals surface area contributed by atoms with Crippen molar-refractivity contribution in [2.75, 3.05) is 0 Å². The molecule has 4 heteroatoms. The number of hydrazine groups is 1. The van der Waals surface area contributed by atoms with Crippen molar-refractivity contribution in [2.24, 2.45) is 5.84 Å². The number of carbonyl (C=O) groups is 1. The summed E-state index contributed by atoms with van der Waals surface area (Å²) in [6.07, 6.45) is 0. The molecule has 0 atom stereocenters. The van der Waals surface area contributed by atoms with Crippen LogP contribution in [0.5, 0.6) is 0 Å². The second kappa shape index (κ2) is 2.81. The van der Waals surface area contributed by atoms with E-state index < -0.39 is 0 Å². The zero-order valence-corrected chi connectivity index (χ0v) is 6.37. The van der Waals surface area contributed by atoms with Gasteiger partial charge in [-0.05, 0) is 18.4 Å². The van der Waals surface area contributed by atoms with Crippen molar-refractivity contribution in [3.05, 3.63) is 21.9 Å². The molecular weight excluding hydrogens is 148 g/mol. The summed E-state index contributed by atoms with van der Waals surface area (Å²) in [6, 6.07) is 1.75. The van der Waals surface area contributed by atoms with Crippen LogP contribution < -0.4 is 11.3 Å². The van der Waals surface area contributed by atoms with Gasteiger partial charge in [0.25, 0.3) is 5.91 Å². The fourth-order valence-corrected chi connectivity index (χ4v) is 1.39. The van der Waals surface area contributed by atoms with Gasteiger partial charge in [0.15, 0.2) is 0 Å². The molecular formula is C6H8N2OS. The predicted octanol–water partition coefficient (Wildman–Crippen LogP) is 0.660. The maximum Gasteiger partial charge on any atom is 0.266 e. The summed E-state index contributed by atoms with van der Waals surface area (Å²) in [6.45, 7) is 1.88. The quantitative estimate of drug-likeness (QED) is 0.356. The first-order valence-electron chi connectivity index (χ1n) is 2.80. The minimum atomic E-state index is -0.223. The number of nitrogens with one attached hydrogen (secondary N) is 1. The first-order chi connectivity index (χ1) is 4.75. The number of hydrogen-bond acceptors (Lipinski definition) is 3. The molecule has 1 aromatic heterocycles. The van der Waals surface area contributed by atoms with Gasteiger partial charge in [-0.25, -0.2) is 5.84 Å². The van der Waals surface area contributed by atoms with Crippen LogP contribution >= 0.6 is 11.3 Å². The first kappa shape index (κ1) is 7.24. The Morgan fingerprint density at radius 3 is 2.90 bits per heavy atom. The van der Waals surface area contributed by atoms with Gasteiger partial charge in [0.05, 0.1) is 5.56 Å². The number of rotatable bonds is 1. The van der Waals surface area contributed by atoms with E-state index in [0.29, 0.717) is 5.56 Å². The second-order valence-electron chi connectivity index (χ2n) is 1.86. The molecule has 0 bridgehead atoms. The van der Waals surface area contributed by atoms with Gasteiger partial charge in [0.2, 0.25) is 0 Å². The van der Waals surface area contributed by atoms with E-state index in [1.54, 1.807) is 6.07 Å². The lowest BCUT2D eigenvalue weighted by Gasteiger charge is -1.95. The SMILES string of the molecule is Cc1sccc1C(=O)NN. The summed E-state index contributed by atoms with van der Waals surface area (Å²) >= 11 is 1.53. The van der Waals surface area contributed by atoms with Gasteiger partial charge in [-0.1, -0.05) is 0 Å². The number of nitrogen functional groups attached to an aromatic ring is 1. The summed E-state index contributed by atoms with van der Waals surface area (Å²) in [5.41, 5.74) is 2.74. The normalized spacial score (nSPS) is 9.40. The Bertz CT molecular complexity index is 244.